The van der Waals surface area contributed by atoms with Gasteiger partial charge in [-0.25, -0.2) is 0 Å². The average Bonchev–Trinajstić information content (AvgIpc) is 2.54. The van der Waals surface area contributed by atoms with Crippen LogP contribution in [0.5, 0.6) is 5.75 Å². The minimum atomic E-state index is 0.153. The molecule has 0 atom stereocenters. The molecule has 0 spiro atoms. The van der Waals surface area contributed by atoms with Crippen molar-refractivity contribution in [3.05, 3.63) is 64.7 Å². The topological polar surface area (TPSA) is 26.3 Å². The fourth-order valence-electron chi connectivity index (χ4n) is 2.54. The van der Waals surface area contributed by atoms with Crippen LogP contribution in [-0.4, -0.2) is 12.9 Å². The number of rotatable bonds is 6. The van der Waals surface area contributed by atoms with E-state index in [1.54, 1.807) is 7.11 Å². The summed E-state index contributed by atoms with van der Waals surface area (Å²) in [6, 6.07) is 13.7. The monoisotopic (exact) mass is 282 g/mol. The normalized spacial score (nSPS) is 10.4. The molecule has 0 aliphatic rings. The Balaban J connectivity index is 2.19. The van der Waals surface area contributed by atoms with Gasteiger partial charge in [0.05, 0.1) is 7.11 Å². The van der Waals surface area contributed by atoms with Crippen LogP contribution in [0.4, 0.5) is 0 Å². The van der Waals surface area contributed by atoms with E-state index >= 15 is 0 Å². The van der Waals surface area contributed by atoms with Gasteiger partial charge in [0.25, 0.3) is 0 Å². The van der Waals surface area contributed by atoms with Crippen LogP contribution in [0.3, 0.4) is 0 Å². The number of aryl methyl sites for hydroxylation is 2. The van der Waals surface area contributed by atoms with Crippen LogP contribution in [-0.2, 0) is 19.3 Å². The number of Topliss-reactive ketones (excluding diaryl/α,β-unsaturated/α-hetero) is 1. The molecule has 0 unspecified atom stereocenters. The first-order valence-electron chi connectivity index (χ1n) is 7.45. The SMILES string of the molecule is CCc1ccc(C(=O)Cc2cccc(OC)c2)cc1CC. The molecule has 0 aliphatic heterocycles. The Morgan fingerprint density at radius 2 is 1.76 bits per heavy atom. The third kappa shape index (κ3) is 3.72. The number of benzene rings is 2. The standard InChI is InChI=1S/C19H22O2/c1-4-15-9-10-17(13-16(15)5-2)19(20)12-14-7-6-8-18(11-14)21-3/h6-11,13H,4-5,12H2,1-3H3. The van der Waals surface area contributed by atoms with E-state index in [2.05, 4.69) is 19.9 Å². The Labute approximate surface area is 126 Å². The molecule has 2 aromatic carbocycles. The molecule has 0 fully saturated rings. The highest BCUT2D eigenvalue weighted by atomic mass is 16.5. The lowest BCUT2D eigenvalue weighted by Crippen LogP contribution is -2.05. The van der Waals surface area contributed by atoms with E-state index in [1.165, 1.54) is 11.1 Å². The van der Waals surface area contributed by atoms with E-state index in [0.29, 0.717) is 6.42 Å². The quantitative estimate of drug-likeness (QED) is 0.741. The molecule has 0 heterocycles. The number of hydrogen-bond donors (Lipinski definition) is 0. The van der Waals surface area contributed by atoms with Crippen molar-refractivity contribution in [2.45, 2.75) is 33.1 Å². The van der Waals surface area contributed by atoms with Crippen LogP contribution in [0, 0.1) is 0 Å². The lowest BCUT2D eigenvalue weighted by Gasteiger charge is -2.09. The van der Waals surface area contributed by atoms with Gasteiger partial charge in [-0.2, -0.15) is 0 Å². The van der Waals surface area contributed by atoms with Gasteiger partial charge in [0, 0.05) is 12.0 Å². The fourth-order valence-corrected chi connectivity index (χ4v) is 2.54. The molecule has 2 aromatic rings. The van der Waals surface area contributed by atoms with E-state index < -0.39 is 0 Å². The van der Waals surface area contributed by atoms with Gasteiger partial charge in [-0.05, 0) is 47.7 Å². The first-order chi connectivity index (χ1) is 10.2. The molecule has 0 bridgehead atoms. The molecule has 0 N–H and O–H groups in total. The van der Waals surface area contributed by atoms with E-state index in [-0.39, 0.29) is 5.78 Å². The predicted octanol–water partition coefficient (Wildman–Crippen LogP) is 4.25. The molecular weight excluding hydrogens is 260 g/mol. The summed E-state index contributed by atoms with van der Waals surface area (Å²) in [6.07, 6.45) is 2.38. The maximum Gasteiger partial charge on any atom is 0.167 e. The Hall–Kier alpha value is -2.09. The van der Waals surface area contributed by atoms with Crippen molar-refractivity contribution in [3.63, 3.8) is 0 Å². The van der Waals surface area contributed by atoms with Crippen LogP contribution in [0.1, 0.15) is 40.9 Å². The minimum Gasteiger partial charge on any atom is -0.497 e. The molecule has 0 amide bonds. The van der Waals surface area contributed by atoms with Crippen molar-refractivity contribution in [3.8, 4) is 5.75 Å². The molecule has 21 heavy (non-hydrogen) atoms. The van der Waals surface area contributed by atoms with Crippen molar-refractivity contribution in [2.24, 2.45) is 0 Å². The molecule has 2 rings (SSSR count). The summed E-state index contributed by atoms with van der Waals surface area (Å²) in [4.78, 5) is 12.4. The molecule has 0 aliphatic carbocycles. The van der Waals surface area contributed by atoms with E-state index in [0.717, 1.165) is 29.7 Å². The van der Waals surface area contributed by atoms with Crippen molar-refractivity contribution in [1.29, 1.82) is 0 Å². The largest absolute Gasteiger partial charge is 0.497 e. The molecule has 0 saturated heterocycles. The van der Waals surface area contributed by atoms with Gasteiger partial charge in [0.2, 0.25) is 0 Å². The highest BCUT2D eigenvalue weighted by Gasteiger charge is 2.10. The zero-order valence-electron chi connectivity index (χ0n) is 13.0. The van der Waals surface area contributed by atoms with Gasteiger partial charge in [0.15, 0.2) is 5.78 Å². The molecule has 2 heteroatoms. The lowest BCUT2D eigenvalue weighted by atomic mass is 9.96. The van der Waals surface area contributed by atoms with Gasteiger partial charge < -0.3 is 4.74 Å². The smallest absolute Gasteiger partial charge is 0.167 e. The van der Waals surface area contributed by atoms with Crippen LogP contribution in [0.25, 0.3) is 0 Å². The number of ketones is 1. The average molecular weight is 282 g/mol. The van der Waals surface area contributed by atoms with E-state index in [1.807, 2.05) is 36.4 Å². The van der Waals surface area contributed by atoms with E-state index in [9.17, 15) is 4.79 Å². The van der Waals surface area contributed by atoms with Crippen molar-refractivity contribution in [2.75, 3.05) is 7.11 Å². The molecular formula is C19H22O2. The van der Waals surface area contributed by atoms with Crippen molar-refractivity contribution >= 4 is 5.78 Å². The summed E-state index contributed by atoms with van der Waals surface area (Å²) in [6.45, 7) is 4.27. The summed E-state index contributed by atoms with van der Waals surface area (Å²) < 4.78 is 5.20. The molecule has 0 aromatic heterocycles. The number of hydrogen-bond acceptors (Lipinski definition) is 2. The Morgan fingerprint density at radius 3 is 2.43 bits per heavy atom. The second kappa shape index (κ2) is 7.07. The summed E-state index contributed by atoms with van der Waals surface area (Å²) in [5.41, 5.74) is 4.38. The Bertz CT molecular complexity index is 629. The zero-order chi connectivity index (χ0) is 15.2. The molecule has 2 nitrogen and oxygen atoms in total. The van der Waals surface area contributed by atoms with Crippen molar-refractivity contribution < 1.29 is 9.53 Å². The predicted molar refractivity (Wildman–Crippen MR) is 86.2 cm³/mol. The third-order valence-electron chi connectivity index (χ3n) is 3.79. The van der Waals surface area contributed by atoms with Gasteiger partial charge in [-0.15, -0.1) is 0 Å². The lowest BCUT2D eigenvalue weighted by molar-refractivity contribution is 0.0993. The number of carbonyl (C=O) groups is 1. The summed E-state index contributed by atoms with van der Waals surface area (Å²) in [7, 11) is 1.64. The first-order valence-corrected chi connectivity index (χ1v) is 7.45. The first kappa shape index (κ1) is 15.3. The fraction of sp³-hybridized carbons (Fsp3) is 0.316. The van der Waals surface area contributed by atoms with Gasteiger partial charge >= 0.3 is 0 Å². The number of methoxy groups -OCH3 is 1. The minimum absolute atomic E-state index is 0.153. The summed E-state index contributed by atoms with van der Waals surface area (Å²) >= 11 is 0. The highest BCUT2D eigenvalue weighted by molar-refractivity contribution is 5.97. The summed E-state index contributed by atoms with van der Waals surface area (Å²) in [5, 5.41) is 0. The van der Waals surface area contributed by atoms with Gasteiger partial charge in [-0.3, -0.25) is 4.79 Å². The second-order valence-corrected chi connectivity index (χ2v) is 5.14. The summed E-state index contributed by atoms with van der Waals surface area (Å²) in [5.74, 6) is 0.941. The van der Waals surface area contributed by atoms with Crippen LogP contribution < -0.4 is 4.74 Å². The van der Waals surface area contributed by atoms with Crippen LogP contribution in [0.2, 0.25) is 0 Å². The van der Waals surface area contributed by atoms with Crippen LogP contribution in [0.15, 0.2) is 42.5 Å². The molecule has 0 radical (unpaired) electrons. The van der Waals surface area contributed by atoms with Crippen molar-refractivity contribution in [1.82, 2.24) is 0 Å². The van der Waals surface area contributed by atoms with E-state index in [4.69, 9.17) is 4.74 Å². The third-order valence-corrected chi connectivity index (χ3v) is 3.79. The van der Waals surface area contributed by atoms with Gasteiger partial charge in [-0.1, -0.05) is 38.1 Å². The Morgan fingerprint density at radius 1 is 1.00 bits per heavy atom. The maximum atomic E-state index is 12.4. The molecule has 110 valence electrons. The van der Waals surface area contributed by atoms with Gasteiger partial charge in [0.1, 0.15) is 5.75 Å². The van der Waals surface area contributed by atoms with Crippen LogP contribution >= 0.6 is 0 Å². The maximum absolute atomic E-state index is 12.4. The zero-order valence-corrected chi connectivity index (χ0v) is 13.0. The number of carbonyl (C=O) groups excluding carboxylic acids is 1. The molecule has 0 saturated carbocycles. The highest BCUT2D eigenvalue weighted by Crippen LogP contribution is 2.18. The number of ether oxygens (including phenoxy) is 1. The Kier molecular flexibility index (Phi) is 5.15. The second-order valence-electron chi connectivity index (χ2n) is 5.14.